The van der Waals surface area contributed by atoms with Crippen molar-refractivity contribution in [2.75, 3.05) is 44.2 Å². The quantitative estimate of drug-likeness (QED) is 0.309. The average molecular weight is 485 g/mol. The highest BCUT2D eigenvalue weighted by Gasteiger charge is 2.36. The molecule has 1 saturated heterocycles. The molecule has 4 heteroatoms. The van der Waals surface area contributed by atoms with Crippen molar-refractivity contribution < 1.29 is 9.53 Å². The number of hydrogen-bond acceptors (Lipinski definition) is 4. The molecule has 36 heavy (non-hydrogen) atoms. The van der Waals surface area contributed by atoms with Crippen molar-refractivity contribution in [3.63, 3.8) is 0 Å². The second-order valence-electron chi connectivity index (χ2n) is 10.2. The van der Waals surface area contributed by atoms with Crippen LogP contribution in [0.5, 0.6) is 0 Å². The molecule has 0 saturated carbocycles. The summed E-state index contributed by atoms with van der Waals surface area (Å²) in [6.07, 6.45) is 2.60. The van der Waals surface area contributed by atoms with Gasteiger partial charge in [-0.1, -0.05) is 79.2 Å². The smallest absolute Gasteiger partial charge is 0.316 e. The van der Waals surface area contributed by atoms with Crippen LogP contribution in [0, 0.1) is 6.92 Å². The Bertz CT molecular complexity index is 1100. The molecule has 0 amide bonds. The minimum Gasteiger partial charge on any atom is -0.465 e. The number of benzene rings is 3. The van der Waals surface area contributed by atoms with Crippen LogP contribution in [-0.4, -0.2) is 50.2 Å². The molecule has 1 aliphatic rings. The number of ether oxygens (including phenoxy) is 1. The van der Waals surface area contributed by atoms with Crippen molar-refractivity contribution >= 4 is 11.7 Å². The molecule has 1 atom stereocenters. The molecule has 3 aromatic carbocycles. The Balaban J connectivity index is 1.32. The van der Waals surface area contributed by atoms with Gasteiger partial charge in [0.1, 0.15) is 0 Å². The molecule has 1 unspecified atom stereocenters. The van der Waals surface area contributed by atoms with E-state index in [2.05, 4.69) is 77.4 Å². The molecule has 0 radical (unpaired) electrons. The van der Waals surface area contributed by atoms with Crippen LogP contribution in [0.1, 0.15) is 44.2 Å². The van der Waals surface area contributed by atoms with E-state index in [1.54, 1.807) is 0 Å². The largest absolute Gasteiger partial charge is 0.465 e. The molecule has 0 bridgehead atoms. The molecule has 190 valence electrons. The van der Waals surface area contributed by atoms with E-state index in [1.807, 2.05) is 32.0 Å². The fourth-order valence-corrected chi connectivity index (χ4v) is 5.04. The van der Waals surface area contributed by atoms with Crippen molar-refractivity contribution in [1.29, 1.82) is 0 Å². The molecular weight excluding hydrogens is 444 g/mol. The topological polar surface area (TPSA) is 32.8 Å². The van der Waals surface area contributed by atoms with Gasteiger partial charge in [-0.2, -0.15) is 0 Å². The van der Waals surface area contributed by atoms with E-state index in [0.29, 0.717) is 6.61 Å². The van der Waals surface area contributed by atoms with Crippen molar-refractivity contribution in [2.24, 2.45) is 0 Å². The number of esters is 1. The lowest BCUT2D eigenvalue weighted by Crippen LogP contribution is -2.47. The summed E-state index contributed by atoms with van der Waals surface area (Å²) in [5.74, 6) is -0.103. The van der Waals surface area contributed by atoms with Gasteiger partial charge in [0.15, 0.2) is 0 Å². The minimum absolute atomic E-state index is 0.103. The van der Waals surface area contributed by atoms with Crippen molar-refractivity contribution in [3.8, 4) is 11.1 Å². The lowest BCUT2D eigenvalue weighted by atomic mass is 9.78. The van der Waals surface area contributed by atoms with Gasteiger partial charge >= 0.3 is 5.97 Å². The number of hydrogen-bond donors (Lipinski definition) is 0. The molecule has 0 aliphatic carbocycles. The summed E-state index contributed by atoms with van der Waals surface area (Å²) in [6.45, 7) is 11.8. The number of aryl methyl sites for hydroxylation is 1. The second-order valence-corrected chi connectivity index (χ2v) is 10.2. The van der Waals surface area contributed by atoms with Gasteiger partial charge < -0.3 is 9.64 Å². The summed E-state index contributed by atoms with van der Waals surface area (Å²) in [4.78, 5) is 18.0. The fraction of sp³-hybridized carbons (Fsp3) is 0.406. The first kappa shape index (κ1) is 26.0. The molecule has 1 aliphatic heterocycles. The Morgan fingerprint density at radius 1 is 0.889 bits per heavy atom. The normalized spacial score (nSPS) is 15.9. The number of nitrogens with zero attached hydrogens (tertiary/aromatic N) is 2. The molecule has 1 fully saturated rings. The van der Waals surface area contributed by atoms with E-state index in [9.17, 15) is 4.79 Å². The molecule has 0 spiro atoms. The number of rotatable bonds is 10. The zero-order valence-corrected chi connectivity index (χ0v) is 22.1. The summed E-state index contributed by atoms with van der Waals surface area (Å²) in [7, 11) is 0. The maximum atomic E-state index is 13.0. The Kier molecular flexibility index (Phi) is 8.82. The van der Waals surface area contributed by atoms with E-state index in [4.69, 9.17) is 4.74 Å². The van der Waals surface area contributed by atoms with Crippen LogP contribution in [0.3, 0.4) is 0 Å². The van der Waals surface area contributed by atoms with Gasteiger partial charge in [0, 0.05) is 31.9 Å². The molecular formula is C32H40N2O2. The van der Waals surface area contributed by atoms with Crippen molar-refractivity contribution in [1.82, 2.24) is 4.90 Å². The molecule has 4 nitrogen and oxygen atoms in total. The predicted octanol–water partition coefficient (Wildman–Crippen LogP) is 6.48. The van der Waals surface area contributed by atoms with Gasteiger partial charge in [-0.15, -0.1) is 0 Å². The lowest BCUT2D eigenvalue weighted by Gasteiger charge is -2.37. The van der Waals surface area contributed by atoms with Crippen LogP contribution >= 0.6 is 0 Å². The second kappa shape index (κ2) is 12.2. The van der Waals surface area contributed by atoms with E-state index in [-0.39, 0.29) is 5.97 Å². The van der Waals surface area contributed by atoms with E-state index >= 15 is 0 Å². The summed E-state index contributed by atoms with van der Waals surface area (Å²) in [5.41, 5.74) is 5.56. The number of piperazine rings is 1. The first-order valence-electron chi connectivity index (χ1n) is 13.4. The molecule has 1 heterocycles. The highest BCUT2D eigenvalue weighted by atomic mass is 16.5. The van der Waals surface area contributed by atoms with E-state index in [1.165, 1.54) is 22.4 Å². The lowest BCUT2D eigenvalue weighted by molar-refractivity contribution is -0.150. The van der Waals surface area contributed by atoms with Crippen LogP contribution < -0.4 is 4.90 Å². The monoisotopic (exact) mass is 484 g/mol. The molecule has 0 aromatic heterocycles. The average Bonchev–Trinajstić information content (AvgIpc) is 2.93. The van der Waals surface area contributed by atoms with Gasteiger partial charge in [0.05, 0.1) is 12.0 Å². The molecule has 0 N–H and O–H groups in total. The van der Waals surface area contributed by atoms with Crippen LogP contribution in [0.2, 0.25) is 0 Å². The summed E-state index contributed by atoms with van der Waals surface area (Å²) < 4.78 is 5.60. The van der Waals surface area contributed by atoms with Crippen molar-refractivity contribution in [3.05, 3.63) is 90.0 Å². The molecule has 3 aromatic rings. The zero-order chi connectivity index (χ0) is 25.4. The SMILES string of the molecule is CCCOC(=O)C(C)(CCCN1CCN(c2cccc(-c3ccc(C)cc3)c2)CC1)c1ccccc1. The summed E-state index contributed by atoms with van der Waals surface area (Å²) in [6, 6.07) is 27.8. The summed E-state index contributed by atoms with van der Waals surface area (Å²) in [5, 5.41) is 0. The third-order valence-electron chi connectivity index (χ3n) is 7.42. The third-order valence-corrected chi connectivity index (χ3v) is 7.42. The fourth-order valence-electron chi connectivity index (χ4n) is 5.04. The summed E-state index contributed by atoms with van der Waals surface area (Å²) >= 11 is 0. The van der Waals surface area contributed by atoms with Gasteiger partial charge in [-0.25, -0.2) is 0 Å². The van der Waals surface area contributed by atoms with Crippen LogP contribution in [0.15, 0.2) is 78.9 Å². The van der Waals surface area contributed by atoms with Gasteiger partial charge in [0.2, 0.25) is 0 Å². The van der Waals surface area contributed by atoms with Gasteiger partial charge in [-0.3, -0.25) is 9.69 Å². The Morgan fingerprint density at radius 3 is 2.31 bits per heavy atom. The van der Waals surface area contributed by atoms with Gasteiger partial charge in [-0.05, 0) is 68.5 Å². The van der Waals surface area contributed by atoms with Gasteiger partial charge in [0.25, 0.3) is 0 Å². The van der Waals surface area contributed by atoms with Crippen LogP contribution in [-0.2, 0) is 14.9 Å². The Hall–Kier alpha value is -3.11. The number of carbonyl (C=O) groups is 1. The Labute approximate surface area is 216 Å². The van der Waals surface area contributed by atoms with Crippen LogP contribution in [0.25, 0.3) is 11.1 Å². The van der Waals surface area contributed by atoms with Crippen LogP contribution in [0.4, 0.5) is 5.69 Å². The first-order valence-corrected chi connectivity index (χ1v) is 13.4. The zero-order valence-electron chi connectivity index (χ0n) is 22.1. The van der Waals surface area contributed by atoms with Crippen molar-refractivity contribution in [2.45, 2.75) is 45.4 Å². The molecule has 4 rings (SSSR count). The third kappa shape index (κ3) is 6.36. The highest BCUT2D eigenvalue weighted by Crippen LogP contribution is 2.31. The van der Waals surface area contributed by atoms with E-state index in [0.717, 1.165) is 57.5 Å². The number of carbonyl (C=O) groups excluding carboxylic acids is 1. The first-order chi connectivity index (χ1) is 17.5. The Morgan fingerprint density at radius 2 is 1.61 bits per heavy atom. The predicted molar refractivity (Wildman–Crippen MR) is 150 cm³/mol. The minimum atomic E-state index is -0.603. The van der Waals surface area contributed by atoms with E-state index < -0.39 is 5.41 Å². The highest BCUT2D eigenvalue weighted by molar-refractivity contribution is 5.82. The maximum absolute atomic E-state index is 13.0. The standard InChI is InChI=1S/C32H40N2O2/c1-4-24-36-31(35)32(3,29-11-6-5-7-12-29)18-9-19-33-20-22-34(23-21-33)30-13-8-10-28(25-30)27-16-14-26(2)15-17-27/h5-8,10-17,25H,4,9,18-24H2,1-3H3. The number of anilines is 1. The maximum Gasteiger partial charge on any atom is 0.316 e.